The molecule has 8 heteroatoms. The molecule has 0 saturated carbocycles. The van der Waals surface area contributed by atoms with Gasteiger partial charge in [-0.2, -0.15) is 0 Å². The number of hydrogen-bond donors (Lipinski definition) is 0. The number of pyridine rings is 3. The first-order chi connectivity index (χ1) is 29.3. The third-order valence-corrected chi connectivity index (χ3v) is 15.8. The molecule has 0 saturated heterocycles. The van der Waals surface area contributed by atoms with Gasteiger partial charge in [0.05, 0.1) is 16.3 Å². The van der Waals surface area contributed by atoms with Crippen molar-refractivity contribution in [3.05, 3.63) is 255 Å². The molecular weight excluding hydrogens is 847 g/mol. The molecule has 6 aromatic carbocycles. The van der Waals surface area contributed by atoms with Crippen LogP contribution in [0.25, 0.3) is 0 Å². The van der Waals surface area contributed by atoms with Gasteiger partial charge in [-0.15, -0.1) is 0 Å². The predicted octanol–water partition coefficient (Wildman–Crippen LogP) is 9.21. The monoisotopic (exact) mass is 887 g/mol. The van der Waals surface area contributed by atoms with Gasteiger partial charge in [0.25, 0.3) is 0 Å². The van der Waals surface area contributed by atoms with Gasteiger partial charge < -0.3 is 0 Å². The first kappa shape index (κ1) is 43.4. The van der Waals surface area contributed by atoms with E-state index in [0.717, 1.165) is 16.3 Å². The predicted molar refractivity (Wildman–Crippen MR) is 255 cm³/mol. The number of rotatable bonds is 9. The van der Waals surface area contributed by atoms with E-state index in [-0.39, 0.29) is 0 Å². The van der Waals surface area contributed by atoms with Crippen LogP contribution in [0, 0.1) is 0 Å². The Morgan fingerprint density at radius 1 is 0.237 bits per heavy atom. The van der Waals surface area contributed by atoms with Crippen molar-refractivity contribution >= 4 is 82.0 Å². The normalized spacial score (nSPS) is 10.3. The second-order valence-corrected chi connectivity index (χ2v) is 19.1. The largest absolute Gasteiger partial charge is 0.256 e. The molecule has 0 aliphatic heterocycles. The SMILES string of the molecule is [Cl][Cu].c1ccc(P(c2ccccc2)c2ccccn2)cc1.c1ccc(P(c2ccccc2)c2ccccn2)cc1.c1ccc(P(c2ccccc2)c2ccccn2)cc1. The van der Waals surface area contributed by atoms with E-state index in [2.05, 4.69) is 259 Å². The molecule has 3 aromatic heterocycles. The second kappa shape index (κ2) is 24.7. The molecule has 3 nitrogen and oxygen atoms in total. The van der Waals surface area contributed by atoms with E-state index < -0.39 is 23.8 Å². The molecule has 0 spiro atoms. The number of benzene rings is 6. The van der Waals surface area contributed by atoms with Crippen LogP contribution in [0.15, 0.2) is 255 Å². The van der Waals surface area contributed by atoms with E-state index in [1.807, 2.05) is 36.8 Å². The zero-order valence-electron chi connectivity index (χ0n) is 32.1. The maximum atomic E-state index is 4.56. The van der Waals surface area contributed by atoms with Gasteiger partial charge in [0.2, 0.25) is 0 Å². The number of nitrogens with zero attached hydrogens (tertiary/aromatic N) is 3. The number of halogens is 1. The standard InChI is InChI=1S/3C17H14NP.ClH.Cu/c3*1-3-9-15(10-4-1)19(16-11-5-2-6-12-16)17-13-7-8-14-18-17;;/h3*1-14H;1H;/q;;;;+1/p-1. The van der Waals surface area contributed by atoms with Crippen molar-refractivity contribution in [2.24, 2.45) is 0 Å². The summed E-state index contributed by atoms with van der Waals surface area (Å²) in [6.07, 6.45) is 5.61. The van der Waals surface area contributed by atoms with Gasteiger partial charge in [-0.05, 0) is 68.2 Å². The third kappa shape index (κ3) is 12.9. The van der Waals surface area contributed by atoms with E-state index in [1.165, 1.54) is 31.8 Å². The Morgan fingerprint density at radius 3 is 0.559 bits per heavy atom. The molecule has 294 valence electrons. The Kier molecular flexibility index (Phi) is 18.2. The van der Waals surface area contributed by atoms with Gasteiger partial charge in [0, 0.05) is 42.4 Å². The molecule has 3 heterocycles. The van der Waals surface area contributed by atoms with E-state index in [0.29, 0.717) is 0 Å². The zero-order chi connectivity index (χ0) is 40.7. The summed E-state index contributed by atoms with van der Waals surface area (Å²) >= 11 is 3.66. The van der Waals surface area contributed by atoms with Gasteiger partial charge in [-0.1, -0.05) is 200 Å². The van der Waals surface area contributed by atoms with Gasteiger partial charge in [-0.25, -0.2) is 0 Å². The van der Waals surface area contributed by atoms with Crippen molar-refractivity contribution in [1.29, 1.82) is 0 Å². The molecule has 9 aromatic rings. The fourth-order valence-electron chi connectivity index (χ4n) is 6.16. The van der Waals surface area contributed by atoms with Gasteiger partial charge in [-0.3, -0.25) is 15.0 Å². The summed E-state index contributed by atoms with van der Waals surface area (Å²) in [5.41, 5.74) is 3.44. The van der Waals surface area contributed by atoms with Gasteiger partial charge >= 0.3 is 25.2 Å². The second-order valence-electron chi connectivity index (χ2n) is 12.6. The summed E-state index contributed by atoms with van der Waals surface area (Å²) < 4.78 is 0. The maximum Gasteiger partial charge on any atom is 0.0720 e. The van der Waals surface area contributed by atoms with Crippen LogP contribution < -0.4 is 48.1 Å². The molecule has 0 aliphatic carbocycles. The maximum absolute atomic E-state index is 4.56. The van der Waals surface area contributed by atoms with Crippen molar-refractivity contribution in [3.63, 3.8) is 0 Å². The minimum atomic E-state index is -0.557. The van der Waals surface area contributed by atoms with Crippen LogP contribution in [0.5, 0.6) is 0 Å². The molecule has 0 bridgehead atoms. The first-order valence-electron chi connectivity index (χ1n) is 18.9. The van der Waals surface area contributed by atoms with Crippen molar-refractivity contribution < 1.29 is 15.1 Å². The van der Waals surface area contributed by atoms with E-state index >= 15 is 0 Å². The van der Waals surface area contributed by atoms with E-state index in [1.54, 1.807) is 0 Å². The quantitative estimate of drug-likeness (QED) is 0.107. The Hall–Kier alpha value is -5.13. The topological polar surface area (TPSA) is 38.7 Å². The third-order valence-electron chi connectivity index (χ3n) is 8.72. The Labute approximate surface area is 365 Å². The van der Waals surface area contributed by atoms with Crippen molar-refractivity contribution in [2.45, 2.75) is 0 Å². The molecule has 0 N–H and O–H groups in total. The Bertz CT molecular complexity index is 1880. The molecule has 9 rings (SSSR count). The Balaban J connectivity index is 0.000000146. The summed E-state index contributed by atoms with van der Waals surface area (Å²) in [5.74, 6) is 0. The average Bonchev–Trinajstić information content (AvgIpc) is 3.34. The van der Waals surface area contributed by atoms with E-state index in [4.69, 9.17) is 0 Å². The summed E-state index contributed by atoms with van der Waals surface area (Å²) in [6, 6.07) is 82.1. The molecule has 0 unspecified atom stereocenters. The molecule has 0 aliphatic rings. The molecule has 0 fully saturated rings. The molecular formula is C51H42ClCuN3P3. The van der Waals surface area contributed by atoms with Crippen LogP contribution in [-0.4, -0.2) is 15.0 Å². The average molecular weight is 889 g/mol. The van der Waals surface area contributed by atoms with Crippen LogP contribution in [-0.2, 0) is 15.1 Å². The first-order valence-corrected chi connectivity index (χ1v) is 24.2. The summed E-state index contributed by atoms with van der Waals surface area (Å²) in [4.78, 5) is 13.7. The summed E-state index contributed by atoms with van der Waals surface area (Å²) in [5, 5.41) is 8.01. The molecule has 0 amide bonds. The molecule has 0 atom stereocenters. The van der Waals surface area contributed by atoms with Crippen LogP contribution in [0.3, 0.4) is 0 Å². The summed E-state index contributed by atoms with van der Waals surface area (Å²) in [7, 11) is 2.53. The molecule has 59 heavy (non-hydrogen) atoms. The van der Waals surface area contributed by atoms with Crippen molar-refractivity contribution in [1.82, 2.24) is 15.0 Å². The smallest absolute Gasteiger partial charge is 0.0720 e. The zero-order valence-corrected chi connectivity index (χ0v) is 36.5. The fourth-order valence-corrected chi connectivity index (χ4v) is 12.7. The minimum Gasteiger partial charge on any atom is -0.256 e. The van der Waals surface area contributed by atoms with Crippen LogP contribution in [0.1, 0.15) is 0 Å². The van der Waals surface area contributed by atoms with Gasteiger partial charge in [0.15, 0.2) is 0 Å². The Morgan fingerprint density at radius 2 is 0.407 bits per heavy atom. The fraction of sp³-hybridized carbons (Fsp3) is 0. The number of hydrogen-bond acceptors (Lipinski definition) is 3. The van der Waals surface area contributed by atoms with Crippen molar-refractivity contribution in [3.8, 4) is 0 Å². The minimum absolute atomic E-state index is 0.557. The van der Waals surface area contributed by atoms with Crippen LogP contribution >= 0.6 is 33.9 Å². The van der Waals surface area contributed by atoms with Crippen LogP contribution in [0.2, 0.25) is 0 Å². The van der Waals surface area contributed by atoms with Crippen molar-refractivity contribution in [2.75, 3.05) is 0 Å². The molecule has 0 radical (unpaired) electrons. The summed E-state index contributed by atoms with van der Waals surface area (Å²) in [6.45, 7) is 0. The number of aromatic nitrogens is 3. The van der Waals surface area contributed by atoms with Crippen LogP contribution in [0.4, 0.5) is 0 Å². The van der Waals surface area contributed by atoms with E-state index in [9.17, 15) is 0 Å². The van der Waals surface area contributed by atoms with Gasteiger partial charge in [0.1, 0.15) is 0 Å².